The highest BCUT2D eigenvalue weighted by molar-refractivity contribution is 7.99. The van der Waals surface area contributed by atoms with Crippen LogP contribution < -0.4 is 10.6 Å². The van der Waals surface area contributed by atoms with Crippen molar-refractivity contribution in [3.05, 3.63) is 41.9 Å². The molecule has 1 aromatic carbocycles. The summed E-state index contributed by atoms with van der Waals surface area (Å²) in [6.45, 7) is 0. The van der Waals surface area contributed by atoms with Crippen LogP contribution in [0, 0.1) is 11.6 Å². The second-order valence-corrected chi connectivity index (χ2v) is 7.07. The summed E-state index contributed by atoms with van der Waals surface area (Å²) in [6.07, 6.45) is 4.49. The van der Waals surface area contributed by atoms with Crippen molar-refractivity contribution in [1.82, 2.24) is 15.6 Å². The van der Waals surface area contributed by atoms with Crippen molar-refractivity contribution in [2.45, 2.75) is 47.4 Å². The van der Waals surface area contributed by atoms with E-state index in [-0.39, 0.29) is 27.8 Å². The van der Waals surface area contributed by atoms with Gasteiger partial charge in [0.25, 0.3) is 5.89 Å². The van der Waals surface area contributed by atoms with E-state index in [4.69, 9.17) is 4.42 Å². The predicted molar refractivity (Wildman–Crippen MR) is 82.8 cm³/mol. The zero-order valence-corrected chi connectivity index (χ0v) is 13.4. The number of halogens is 2. The van der Waals surface area contributed by atoms with E-state index in [0.29, 0.717) is 12.1 Å². The van der Waals surface area contributed by atoms with Crippen LogP contribution >= 0.6 is 11.8 Å². The number of benzene rings is 1. The molecular weight excluding hydrogens is 336 g/mol. The van der Waals surface area contributed by atoms with Gasteiger partial charge in [-0.05, 0) is 43.2 Å². The fourth-order valence-electron chi connectivity index (χ4n) is 3.29. The molecule has 24 heavy (non-hydrogen) atoms. The summed E-state index contributed by atoms with van der Waals surface area (Å²) in [5, 5.41) is 6.65. The molecule has 0 aliphatic carbocycles. The van der Waals surface area contributed by atoms with Crippen molar-refractivity contribution in [3.63, 3.8) is 0 Å². The molecule has 2 saturated heterocycles. The van der Waals surface area contributed by atoms with Crippen molar-refractivity contribution in [3.8, 4) is 0 Å². The normalized spacial score (nSPS) is 25.2. The molecule has 0 radical (unpaired) electrons. The molecule has 3 heterocycles. The first-order valence-corrected chi connectivity index (χ1v) is 8.56. The highest BCUT2D eigenvalue weighted by Crippen LogP contribution is 2.31. The minimum Gasteiger partial charge on any atom is -0.425 e. The van der Waals surface area contributed by atoms with Crippen LogP contribution in [0.4, 0.5) is 8.78 Å². The van der Waals surface area contributed by atoms with Crippen LogP contribution in [0.1, 0.15) is 29.9 Å². The van der Waals surface area contributed by atoms with Gasteiger partial charge in [-0.1, -0.05) is 0 Å². The van der Waals surface area contributed by atoms with Gasteiger partial charge in [0.2, 0.25) is 0 Å². The smallest absolute Gasteiger partial charge is 0.307 e. The average Bonchev–Trinajstić information content (AvgIpc) is 3.26. The lowest BCUT2D eigenvalue weighted by Crippen LogP contribution is -2.43. The fraction of sp³-hybridized carbons (Fsp3) is 0.375. The number of hydrogen-bond donors (Lipinski definition) is 2. The Hall–Kier alpha value is -1.93. The van der Waals surface area contributed by atoms with E-state index < -0.39 is 11.6 Å². The molecule has 1 amide bonds. The zero-order chi connectivity index (χ0) is 16.7. The second-order valence-electron chi connectivity index (χ2n) is 6.02. The largest absolute Gasteiger partial charge is 0.425 e. The minimum absolute atomic E-state index is 0.0530. The van der Waals surface area contributed by atoms with Gasteiger partial charge >= 0.3 is 5.91 Å². The molecule has 5 nitrogen and oxygen atoms in total. The van der Waals surface area contributed by atoms with E-state index in [2.05, 4.69) is 15.6 Å². The molecule has 1 aromatic heterocycles. The van der Waals surface area contributed by atoms with Gasteiger partial charge < -0.3 is 15.1 Å². The standard InChI is InChI=1S/C16H15F2N3O2S/c17-8-1-4-13(10(18)5-8)24-14-7-19-16(23-14)15(22)21-12-6-9-2-3-11(12)20-9/h1,4-5,7,9,11-12,20H,2-3,6H2,(H,21,22). The molecule has 3 unspecified atom stereocenters. The Morgan fingerprint density at radius 2 is 2.25 bits per heavy atom. The van der Waals surface area contributed by atoms with Crippen LogP contribution in [-0.4, -0.2) is 29.0 Å². The van der Waals surface area contributed by atoms with Gasteiger partial charge in [0, 0.05) is 24.2 Å². The summed E-state index contributed by atoms with van der Waals surface area (Å²) in [6, 6.07) is 4.17. The summed E-state index contributed by atoms with van der Waals surface area (Å²) >= 11 is 0.953. The third-order valence-corrected chi connectivity index (χ3v) is 5.34. The number of rotatable bonds is 4. The number of aromatic nitrogens is 1. The molecule has 2 aliphatic rings. The van der Waals surface area contributed by atoms with E-state index >= 15 is 0 Å². The molecule has 2 N–H and O–H groups in total. The van der Waals surface area contributed by atoms with Gasteiger partial charge in [0.05, 0.1) is 11.1 Å². The first-order chi connectivity index (χ1) is 11.6. The van der Waals surface area contributed by atoms with Crippen LogP contribution in [-0.2, 0) is 0 Å². The Bertz CT molecular complexity index is 782. The maximum Gasteiger partial charge on any atom is 0.307 e. The van der Waals surface area contributed by atoms with Crippen LogP contribution in [0.5, 0.6) is 0 Å². The molecular formula is C16H15F2N3O2S. The van der Waals surface area contributed by atoms with Gasteiger partial charge in [-0.25, -0.2) is 13.8 Å². The molecule has 2 aromatic rings. The van der Waals surface area contributed by atoms with E-state index in [1.165, 1.54) is 12.3 Å². The summed E-state index contributed by atoms with van der Waals surface area (Å²) in [7, 11) is 0. The van der Waals surface area contributed by atoms with Gasteiger partial charge in [0.1, 0.15) is 11.6 Å². The maximum atomic E-state index is 13.6. The molecule has 0 spiro atoms. The number of oxazole rings is 1. The summed E-state index contributed by atoms with van der Waals surface area (Å²) in [5.74, 6) is -1.76. The minimum atomic E-state index is -0.685. The van der Waals surface area contributed by atoms with E-state index in [1.54, 1.807) is 0 Å². The number of nitrogens with one attached hydrogen (secondary N) is 2. The molecule has 0 saturated carbocycles. The summed E-state index contributed by atoms with van der Waals surface area (Å²) < 4.78 is 31.9. The van der Waals surface area contributed by atoms with E-state index in [1.807, 2.05) is 0 Å². The van der Waals surface area contributed by atoms with Gasteiger partial charge in [-0.15, -0.1) is 0 Å². The summed E-state index contributed by atoms with van der Waals surface area (Å²) in [5.41, 5.74) is 0. The lowest BCUT2D eigenvalue weighted by atomic mass is 9.95. The zero-order valence-electron chi connectivity index (χ0n) is 12.6. The Balaban J connectivity index is 1.41. The van der Waals surface area contributed by atoms with E-state index in [9.17, 15) is 13.6 Å². The third kappa shape index (κ3) is 3.03. The molecule has 126 valence electrons. The Kier molecular flexibility index (Phi) is 4.01. The van der Waals surface area contributed by atoms with Gasteiger partial charge in [0.15, 0.2) is 5.09 Å². The number of fused-ring (bicyclic) bond motifs is 2. The van der Waals surface area contributed by atoms with Crippen molar-refractivity contribution < 1.29 is 18.0 Å². The highest BCUT2D eigenvalue weighted by Gasteiger charge is 2.40. The van der Waals surface area contributed by atoms with Gasteiger partial charge in [-0.3, -0.25) is 4.79 Å². The molecule has 2 fully saturated rings. The Morgan fingerprint density at radius 3 is 2.96 bits per heavy atom. The Morgan fingerprint density at radius 1 is 1.38 bits per heavy atom. The molecule has 8 heteroatoms. The summed E-state index contributed by atoms with van der Waals surface area (Å²) in [4.78, 5) is 16.4. The average molecular weight is 351 g/mol. The van der Waals surface area contributed by atoms with E-state index in [0.717, 1.165) is 43.2 Å². The SMILES string of the molecule is O=C(NC1CC2CCC1N2)c1ncc(Sc2ccc(F)cc2F)o1. The highest BCUT2D eigenvalue weighted by atomic mass is 32.2. The van der Waals surface area contributed by atoms with Crippen LogP contribution in [0.25, 0.3) is 0 Å². The fourth-order valence-corrected chi connectivity index (χ4v) is 4.03. The molecule has 3 atom stereocenters. The maximum absolute atomic E-state index is 13.6. The first-order valence-electron chi connectivity index (χ1n) is 7.74. The monoisotopic (exact) mass is 351 g/mol. The predicted octanol–water partition coefficient (Wildman–Crippen LogP) is 2.73. The van der Waals surface area contributed by atoms with Crippen LogP contribution in [0.3, 0.4) is 0 Å². The van der Waals surface area contributed by atoms with Gasteiger partial charge in [-0.2, -0.15) is 0 Å². The van der Waals surface area contributed by atoms with Crippen molar-refractivity contribution in [2.75, 3.05) is 0 Å². The second kappa shape index (κ2) is 6.18. The third-order valence-electron chi connectivity index (χ3n) is 4.40. The van der Waals surface area contributed by atoms with Crippen LogP contribution in [0.2, 0.25) is 0 Å². The lowest BCUT2D eigenvalue weighted by Gasteiger charge is -2.20. The number of hydrogen-bond acceptors (Lipinski definition) is 5. The molecule has 2 bridgehead atoms. The van der Waals surface area contributed by atoms with Crippen molar-refractivity contribution in [1.29, 1.82) is 0 Å². The Labute approximate surface area is 141 Å². The van der Waals surface area contributed by atoms with Crippen molar-refractivity contribution in [2.24, 2.45) is 0 Å². The molecule has 4 rings (SSSR count). The topological polar surface area (TPSA) is 67.2 Å². The quantitative estimate of drug-likeness (QED) is 0.887. The van der Waals surface area contributed by atoms with Crippen LogP contribution in [0.15, 0.2) is 38.8 Å². The van der Waals surface area contributed by atoms with Crippen molar-refractivity contribution >= 4 is 17.7 Å². The molecule has 2 aliphatic heterocycles. The number of carbonyl (C=O) groups is 1. The lowest BCUT2D eigenvalue weighted by molar-refractivity contribution is 0.0890. The number of nitrogens with zero attached hydrogens (tertiary/aromatic N) is 1. The first kappa shape index (κ1) is 15.6. The number of carbonyl (C=O) groups excluding carboxylic acids is 1. The number of amides is 1.